The molecule has 34 heavy (non-hydrogen) atoms. The molecule has 0 aliphatic rings. The van der Waals surface area contributed by atoms with Gasteiger partial charge in [0, 0.05) is 6.54 Å². The van der Waals surface area contributed by atoms with Crippen LogP contribution in [-0.2, 0) is 19.1 Å². The Labute approximate surface area is 204 Å². The topological polar surface area (TPSA) is 167 Å². The molecule has 0 rings (SSSR count). The molecule has 0 radical (unpaired) electrons. The Kier molecular flexibility index (Phi) is 17.7. The molecular weight excluding hydrogens is 442 g/mol. The first-order valence-electron chi connectivity index (χ1n) is 12.7. The zero-order chi connectivity index (χ0) is 26.1. The summed E-state index contributed by atoms with van der Waals surface area (Å²) in [4.78, 5) is 34.4. The molecule has 0 heterocycles. The highest BCUT2D eigenvalue weighted by molar-refractivity contribution is 5.82. The van der Waals surface area contributed by atoms with E-state index >= 15 is 0 Å². The SMILES string of the molecule is CC[C@@H](C)[C@@H](OC(=O)C[C@@H](CC(=O)O)C(=O)O)[C@@H](O)C[C@@H](C)CCCCCCCC[C@@H](O)CN. The van der Waals surface area contributed by atoms with E-state index < -0.39 is 55.0 Å². The third-order valence-electron chi connectivity index (χ3n) is 6.44. The monoisotopic (exact) mass is 489 g/mol. The first kappa shape index (κ1) is 32.3. The quantitative estimate of drug-likeness (QED) is 0.120. The van der Waals surface area contributed by atoms with E-state index in [0.29, 0.717) is 19.4 Å². The molecule has 0 aromatic heterocycles. The molecule has 9 heteroatoms. The maximum Gasteiger partial charge on any atom is 0.307 e. The number of aliphatic hydroxyl groups is 2. The van der Waals surface area contributed by atoms with Crippen LogP contribution in [0, 0.1) is 17.8 Å². The largest absolute Gasteiger partial charge is 0.481 e. The number of aliphatic hydroxyl groups excluding tert-OH is 2. The van der Waals surface area contributed by atoms with E-state index in [2.05, 4.69) is 6.92 Å². The first-order valence-corrected chi connectivity index (χ1v) is 12.7. The fourth-order valence-electron chi connectivity index (χ4n) is 4.03. The maximum absolute atomic E-state index is 12.3. The fourth-order valence-corrected chi connectivity index (χ4v) is 4.03. The Balaban J connectivity index is 4.47. The predicted octanol–water partition coefficient (Wildman–Crippen LogP) is 3.34. The summed E-state index contributed by atoms with van der Waals surface area (Å²) in [5.74, 6) is -4.70. The molecule has 0 aliphatic heterocycles. The Bertz CT molecular complexity index is 585. The van der Waals surface area contributed by atoms with Crippen molar-refractivity contribution in [1.29, 1.82) is 0 Å². The van der Waals surface area contributed by atoms with E-state index in [-0.39, 0.29) is 11.8 Å². The number of ether oxygens (including phenoxy) is 1. The molecule has 0 bridgehead atoms. The molecule has 6 N–H and O–H groups in total. The second kappa shape index (κ2) is 18.6. The number of carbonyl (C=O) groups is 3. The van der Waals surface area contributed by atoms with Crippen LogP contribution in [0.25, 0.3) is 0 Å². The van der Waals surface area contributed by atoms with Crippen LogP contribution in [-0.4, -0.2) is 63.2 Å². The zero-order valence-corrected chi connectivity index (χ0v) is 21.2. The molecular formula is C25H47NO8. The molecule has 0 aromatic rings. The molecule has 0 unspecified atom stereocenters. The Morgan fingerprint density at radius 2 is 1.44 bits per heavy atom. The first-order chi connectivity index (χ1) is 16.0. The minimum absolute atomic E-state index is 0.119. The lowest BCUT2D eigenvalue weighted by molar-refractivity contribution is -0.164. The minimum atomic E-state index is -1.36. The molecule has 0 amide bonds. The van der Waals surface area contributed by atoms with Gasteiger partial charge in [0.25, 0.3) is 0 Å². The number of hydrogen-bond donors (Lipinski definition) is 5. The summed E-state index contributed by atoms with van der Waals surface area (Å²) in [7, 11) is 0. The van der Waals surface area contributed by atoms with E-state index in [1.165, 1.54) is 0 Å². The lowest BCUT2D eigenvalue weighted by atomic mass is 9.89. The highest BCUT2D eigenvalue weighted by atomic mass is 16.6. The van der Waals surface area contributed by atoms with E-state index in [9.17, 15) is 24.6 Å². The molecule has 0 saturated carbocycles. The predicted molar refractivity (Wildman–Crippen MR) is 129 cm³/mol. The van der Waals surface area contributed by atoms with Gasteiger partial charge in [-0.15, -0.1) is 0 Å². The van der Waals surface area contributed by atoms with Crippen LogP contribution in [0.1, 0.15) is 97.8 Å². The molecule has 200 valence electrons. The summed E-state index contributed by atoms with van der Waals surface area (Å²) in [5.41, 5.74) is 5.39. The van der Waals surface area contributed by atoms with Crippen LogP contribution >= 0.6 is 0 Å². The number of nitrogens with two attached hydrogens (primary N) is 1. The van der Waals surface area contributed by atoms with Gasteiger partial charge in [0.1, 0.15) is 6.10 Å². The second-order valence-corrected chi connectivity index (χ2v) is 9.67. The summed E-state index contributed by atoms with van der Waals surface area (Å²) in [6, 6.07) is 0. The smallest absolute Gasteiger partial charge is 0.307 e. The van der Waals surface area contributed by atoms with E-state index in [1.807, 2.05) is 13.8 Å². The van der Waals surface area contributed by atoms with E-state index in [0.717, 1.165) is 51.4 Å². The van der Waals surface area contributed by atoms with Crippen molar-refractivity contribution in [3.63, 3.8) is 0 Å². The molecule has 6 atom stereocenters. The number of carboxylic acids is 2. The third kappa shape index (κ3) is 15.2. The van der Waals surface area contributed by atoms with Crippen molar-refractivity contribution < 1.29 is 39.5 Å². The number of hydrogen-bond acceptors (Lipinski definition) is 7. The van der Waals surface area contributed by atoms with Gasteiger partial charge in [-0.25, -0.2) is 0 Å². The standard InChI is InChI=1S/C25H47NO8/c1-4-18(3)24(34-23(31)15-19(25(32)33)14-22(29)30)21(28)13-17(2)11-9-7-5-6-8-10-12-20(27)16-26/h17-21,24,27-28H,4-16,26H2,1-3H3,(H,29,30)(H,32,33)/t17-,18+,19+,20+,21-,24+/m0/s1. The fraction of sp³-hybridized carbons (Fsp3) is 0.880. The van der Waals surface area contributed by atoms with Gasteiger partial charge in [-0.05, 0) is 31.1 Å². The number of carboxylic acid groups (broad SMARTS) is 2. The lowest BCUT2D eigenvalue weighted by Crippen LogP contribution is -2.38. The van der Waals surface area contributed by atoms with Crippen molar-refractivity contribution in [2.45, 2.75) is 116 Å². The molecule has 9 nitrogen and oxygen atoms in total. The van der Waals surface area contributed by atoms with Gasteiger partial charge in [-0.2, -0.15) is 0 Å². The highest BCUT2D eigenvalue weighted by Gasteiger charge is 2.32. The van der Waals surface area contributed by atoms with E-state index in [4.69, 9.17) is 20.7 Å². The van der Waals surface area contributed by atoms with Crippen LogP contribution in [0.2, 0.25) is 0 Å². The summed E-state index contributed by atoms with van der Waals surface area (Å²) in [6.07, 6.45) is 6.09. The van der Waals surface area contributed by atoms with Crippen LogP contribution in [0.4, 0.5) is 0 Å². The van der Waals surface area contributed by atoms with Crippen molar-refractivity contribution in [3.8, 4) is 0 Å². The minimum Gasteiger partial charge on any atom is -0.481 e. The van der Waals surface area contributed by atoms with Crippen LogP contribution in [0.15, 0.2) is 0 Å². The molecule has 0 aliphatic carbocycles. The molecule has 0 saturated heterocycles. The Morgan fingerprint density at radius 3 is 1.94 bits per heavy atom. The van der Waals surface area contributed by atoms with Gasteiger partial charge in [0.05, 0.1) is 31.0 Å². The van der Waals surface area contributed by atoms with Gasteiger partial charge < -0.3 is 30.9 Å². The highest BCUT2D eigenvalue weighted by Crippen LogP contribution is 2.24. The van der Waals surface area contributed by atoms with Gasteiger partial charge in [-0.3, -0.25) is 14.4 Å². The second-order valence-electron chi connectivity index (χ2n) is 9.67. The van der Waals surface area contributed by atoms with Crippen LogP contribution < -0.4 is 5.73 Å². The molecule has 0 aromatic carbocycles. The number of carbonyl (C=O) groups excluding carboxylic acids is 1. The summed E-state index contributed by atoms with van der Waals surface area (Å²) in [6.45, 7) is 6.15. The lowest BCUT2D eigenvalue weighted by Gasteiger charge is -2.30. The number of esters is 1. The van der Waals surface area contributed by atoms with Crippen molar-refractivity contribution in [2.24, 2.45) is 23.5 Å². The Morgan fingerprint density at radius 1 is 0.882 bits per heavy atom. The van der Waals surface area contributed by atoms with Crippen molar-refractivity contribution >= 4 is 17.9 Å². The van der Waals surface area contributed by atoms with Crippen molar-refractivity contribution in [3.05, 3.63) is 0 Å². The third-order valence-corrected chi connectivity index (χ3v) is 6.44. The normalized spacial score (nSPS) is 16.8. The summed E-state index contributed by atoms with van der Waals surface area (Å²) < 4.78 is 5.46. The molecule has 0 fully saturated rings. The number of rotatable bonds is 21. The van der Waals surface area contributed by atoms with E-state index in [1.54, 1.807) is 0 Å². The van der Waals surface area contributed by atoms with Crippen molar-refractivity contribution in [1.82, 2.24) is 0 Å². The summed E-state index contributed by atoms with van der Waals surface area (Å²) in [5, 5.41) is 38.2. The molecule has 0 spiro atoms. The average molecular weight is 490 g/mol. The van der Waals surface area contributed by atoms with Gasteiger partial charge in [0.15, 0.2) is 0 Å². The Hall–Kier alpha value is -1.71. The van der Waals surface area contributed by atoms with Crippen LogP contribution in [0.3, 0.4) is 0 Å². The summed E-state index contributed by atoms with van der Waals surface area (Å²) >= 11 is 0. The number of unbranched alkanes of at least 4 members (excludes halogenated alkanes) is 5. The number of aliphatic carboxylic acids is 2. The zero-order valence-electron chi connectivity index (χ0n) is 21.2. The van der Waals surface area contributed by atoms with Crippen molar-refractivity contribution in [2.75, 3.05) is 6.54 Å². The maximum atomic E-state index is 12.3. The average Bonchev–Trinajstić information content (AvgIpc) is 2.77. The van der Waals surface area contributed by atoms with Gasteiger partial charge in [0.2, 0.25) is 0 Å². The van der Waals surface area contributed by atoms with Crippen LogP contribution in [0.5, 0.6) is 0 Å². The van der Waals surface area contributed by atoms with Gasteiger partial charge in [-0.1, -0.05) is 65.7 Å². The van der Waals surface area contributed by atoms with Gasteiger partial charge >= 0.3 is 17.9 Å².